The number of aliphatic imine (C=N–C) groups is 1. The van der Waals surface area contributed by atoms with E-state index in [0.717, 1.165) is 23.4 Å². The Morgan fingerprint density at radius 3 is 2.88 bits per heavy atom. The van der Waals surface area contributed by atoms with Gasteiger partial charge in [0, 0.05) is 21.4 Å². The zero-order valence-electron chi connectivity index (χ0n) is 14.0. The van der Waals surface area contributed by atoms with Gasteiger partial charge in [0.2, 0.25) is 0 Å². The Bertz CT molecular complexity index is 952. The van der Waals surface area contributed by atoms with Gasteiger partial charge in [-0.15, -0.1) is 11.3 Å². The molecule has 2 aliphatic rings. The van der Waals surface area contributed by atoms with Gasteiger partial charge in [-0.25, -0.2) is 4.98 Å². The van der Waals surface area contributed by atoms with Crippen LogP contribution in [0.4, 0.5) is 5.82 Å². The molecule has 3 N–H and O–H groups in total. The van der Waals surface area contributed by atoms with Crippen molar-refractivity contribution >= 4 is 51.3 Å². The summed E-state index contributed by atoms with van der Waals surface area (Å²) in [6.45, 7) is 1.86. The molecule has 9 heteroatoms. The Morgan fingerprint density at radius 1 is 1.46 bits per heavy atom. The number of rotatable bonds is 3. The molecule has 2 aromatic heterocycles. The highest BCUT2D eigenvalue weighted by Crippen LogP contribution is 2.47. The van der Waals surface area contributed by atoms with Crippen LogP contribution in [0.3, 0.4) is 0 Å². The third-order valence-electron chi connectivity index (χ3n) is 4.58. The number of thiophene rings is 1. The molecule has 2 atom stereocenters. The summed E-state index contributed by atoms with van der Waals surface area (Å²) in [5.41, 5.74) is 6.87. The van der Waals surface area contributed by atoms with Gasteiger partial charge in [-0.3, -0.25) is 14.0 Å². The molecule has 1 amide bonds. The second-order valence-electron chi connectivity index (χ2n) is 6.48. The molecule has 26 heavy (non-hydrogen) atoms. The number of carbonyl (C=O) groups excluding carboxylic acids is 1. The maximum atomic E-state index is 12.5. The van der Waals surface area contributed by atoms with Gasteiger partial charge in [0.05, 0.1) is 21.7 Å². The van der Waals surface area contributed by atoms with E-state index in [1.54, 1.807) is 12.1 Å². The molecule has 136 valence electrons. The number of hydrogen-bond donors (Lipinski definition) is 2. The highest BCUT2D eigenvalue weighted by Gasteiger charge is 2.55. The van der Waals surface area contributed by atoms with Crippen LogP contribution in [-0.2, 0) is 10.8 Å². The van der Waals surface area contributed by atoms with Crippen molar-refractivity contribution in [1.29, 1.82) is 0 Å². The van der Waals surface area contributed by atoms with Gasteiger partial charge >= 0.3 is 0 Å². The fourth-order valence-corrected chi connectivity index (χ4v) is 6.18. The van der Waals surface area contributed by atoms with Crippen LogP contribution >= 0.6 is 22.9 Å². The van der Waals surface area contributed by atoms with Crippen molar-refractivity contribution in [3.63, 3.8) is 0 Å². The molecule has 2 aromatic rings. The SMILES string of the molecule is Cc1cccc(NC(=O)c2cc(Cl)c([C@@H]3CS(=O)C4(CC4)C(N)=N3)s2)n1. The number of aromatic nitrogens is 1. The number of nitrogens with one attached hydrogen (secondary N) is 1. The fraction of sp³-hybridized carbons (Fsp3) is 0.353. The fourth-order valence-electron chi connectivity index (χ4n) is 2.99. The Morgan fingerprint density at radius 2 is 2.23 bits per heavy atom. The van der Waals surface area contributed by atoms with E-state index in [-0.39, 0.29) is 11.9 Å². The number of aryl methyl sites for hydroxylation is 1. The average Bonchev–Trinajstić information content (AvgIpc) is 3.29. The van der Waals surface area contributed by atoms with Crippen LogP contribution in [0.1, 0.15) is 39.1 Å². The second-order valence-corrected chi connectivity index (χ2v) is 9.77. The number of amidine groups is 1. The van der Waals surface area contributed by atoms with Crippen LogP contribution in [0.5, 0.6) is 0 Å². The summed E-state index contributed by atoms with van der Waals surface area (Å²) in [6.07, 6.45) is 1.66. The molecule has 3 heterocycles. The molecule has 0 bridgehead atoms. The molecular weight excluding hydrogens is 392 g/mol. The minimum Gasteiger partial charge on any atom is -0.386 e. The predicted octanol–water partition coefficient (Wildman–Crippen LogP) is 3.05. The summed E-state index contributed by atoms with van der Waals surface area (Å²) in [5.74, 6) is 1.04. The van der Waals surface area contributed by atoms with Crippen LogP contribution in [0.15, 0.2) is 29.3 Å². The van der Waals surface area contributed by atoms with Gasteiger partial charge in [-0.2, -0.15) is 0 Å². The van der Waals surface area contributed by atoms with Crippen molar-refractivity contribution in [2.75, 3.05) is 11.1 Å². The molecule has 0 aromatic carbocycles. The summed E-state index contributed by atoms with van der Waals surface area (Å²) in [6, 6.07) is 6.66. The molecular formula is C17H17ClN4O2S2. The predicted molar refractivity (Wildman–Crippen MR) is 106 cm³/mol. The maximum absolute atomic E-state index is 12.5. The van der Waals surface area contributed by atoms with E-state index in [0.29, 0.717) is 27.3 Å². The molecule has 1 saturated carbocycles. The van der Waals surface area contributed by atoms with Gasteiger partial charge in [0.15, 0.2) is 0 Å². The van der Waals surface area contributed by atoms with E-state index in [1.165, 1.54) is 11.3 Å². The highest BCUT2D eigenvalue weighted by molar-refractivity contribution is 7.87. The normalized spacial score (nSPS) is 23.5. The van der Waals surface area contributed by atoms with Crippen LogP contribution in [-0.4, -0.2) is 31.4 Å². The highest BCUT2D eigenvalue weighted by atomic mass is 35.5. The van der Waals surface area contributed by atoms with Crippen molar-refractivity contribution in [3.8, 4) is 0 Å². The Hall–Kier alpha value is -1.77. The number of hydrogen-bond acceptors (Lipinski definition) is 6. The molecule has 6 nitrogen and oxygen atoms in total. The summed E-state index contributed by atoms with van der Waals surface area (Å²) < 4.78 is 12.1. The molecule has 1 aliphatic carbocycles. The zero-order chi connectivity index (χ0) is 18.5. The third-order valence-corrected chi connectivity index (χ3v) is 8.35. The van der Waals surface area contributed by atoms with Crippen molar-refractivity contribution in [2.45, 2.75) is 30.6 Å². The van der Waals surface area contributed by atoms with E-state index in [4.69, 9.17) is 17.3 Å². The quantitative estimate of drug-likeness (QED) is 0.815. The summed E-state index contributed by atoms with van der Waals surface area (Å²) in [5, 5.41) is 3.21. The van der Waals surface area contributed by atoms with E-state index in [9.17, 15) is 9.00 Å². The minimum atomic E-state index is -1.06. The monoisotopic (exact) mass is 408 g/mol. The van der Waals surface area contributed by atoms with Crippen molar-refractivity contribution < 1.29 is 9.00 Å². The van der Waals surface area contributed by atoms with Crippen LogP contribution < -0.4 is 11.1 Å². The van der Waals surface area contributed by atoms with E-state index in [2.05, 4.69) is 15.3 Å². The molecule has 1 fully saturated rings. The molecule has 0 saturated heterocycles. The van der Waals surface area contributed by atoms with Crippen LogP contribution in [0.25, 0.3) is 0 Å². The Balaban J connectivity index is 1.57. The summed E-state index contributed by atoms with van der Waals surface area (Å²) >= 11 is 7.59. The number of nitrogens with zero attached hydrogens (tertiary/aromatic N) is 2. The molecule has 1 spiro atoms. The first kappa shape index (κ1) is 17.6. The topological polar surface area (TPSA) is 97.4 Å². The molecule has 0 radical (unpaired) electrons. The van der Waals surface area contributed by atoms with Crippen LogP contribution in [0, 0.1) is 6.92 Å². The number of carbonyl (C=O) groups is 1. The van der Waals surface area contributed by atoms with Crippen molar-refractivity contribution in [2.24, 2.45) is 10.7 Å². The van der Waals surface area contributed by atoms with Gasteiger partial charge in [0.1, 0.15) is 16.4 Å². The minimum absolute atomic E-state index is 0.284. The van der Waals surface area contributed by atoms with Gasteiger partial charge in [0.25, 0.3) is 5.91 Å². The standard InChI is InChI=1S/C17H17ClN4O2S2/c1-9-3-2-4-13(20-9)22-15(23)12-7-10(18)14(25-12)11-8-26(24)17(5-6-17)16(19)21-11/h2-4,7,11H,5-6,8H2,1H3,(H2,19,21)(H,20,22,23)/t11-,26?/m0/s1. The summed E-state index contributed by atoms with van der Waals surface area (Å²) in [4.78, 5) is 22.5. The summed E-state index contributed by atoms with van der Waals surface area (Å²) in [7, 11) is -1.06. The van der Waals surface area contributed by atoms with Gasteiger partial charge < -0.3 is 11.1 Å². The number of anilines is 1. The maximum Gasteiger partial charge on any atom is 0.266 e. The Labute approximate surface area is 162 Å². The zero-order valence-corrected chi connectivity index (χ0v) is 16.4. The second kappa shape index (κ2) is 6.44. The van der Waals surface area contributed by atoms with Gasteiger partial charge in [-0.1, -0.05) is 17.7 Å². The third kappa shape index (κ3) is 3.06. The number of nitrogens with two attached hydrogens (primary N) is 1. The molecule has 1 unspecified atom stereocenters. The molecule has 4 rings (SSSR count). The lowest BCUT2D eigenvalue weighted by Gasteiger charge is -2.24. The average molecular weight is 409 g/mol. The largest absolute Gasteiger partial charge is 0.386 e. The first-order valence-corrected chi connectivity index (χ1v) is 10.7. The molecule has 1 aliphatic heterocycles. The smallest absolute Gasteiger partial charge is 0.266 e. The lowest BCUT2D eigenvalue weighted by atomic mass is 10.2. The number of halogens is 1. The number of pyridine rings is 1. The van der Waals surface area contributed by atoms with E-state index < -0.39 is 15.5 Å². The van der Waals surface area contributed by atoms with Gasteiger partial charge in [-0.05, 0) is 38.0 Å². The lowest BCUT2D eigenvalue weighted by Crippen LogP contribution is -2.41. The first-order valence-electron chi connectivity index (χ1n) is 8.15. The Kier molecular flexibility index (Phi) is 4.37. The van der Waals surface area contributed by atoms with Crippen molar-refractivity contribution in [3.05, 3.63) is 44.7 Å². The number of amides is 1. The lowest BCUT2D eigenvalue weighted by molar-refractivity contribution is 0.103. The first-order chi connectivity index (χ1) is 12.4. The van der Waals surface area contributed by atoms with Crippen LogP contribution in [0.2, 0.25) is 5.02 Å². The van der Waals surface area contributed by atoms with Crippen molar-refractivity contribution in [1.82, 2.24) is 4.98 Å². The van der Waals surface area contributed by atoms with E-state index in [1.807, 2.05) is 19.1 Å². The van der Waals surface area contributed by atoms with E-state index >= 15 is 0 Å².